The van der Waals surface area contributed by atoms with E-state index in [1.807, 2.05) is 6.07 Å². The molecule has 0 aliphatic carbocycles. The minimum atomic E-state index is -1.81. The smallest absolute Gasteiger partial charge is 0.328 e. The maximum atomic E-state index is 12.3. The van der Waals surface area contributed by atoms with Crippen molar-refractivity contribution in [2.24, 2.45) is 10.8 Å². The minimum absolute atomic E-state index is 0.000945. The van der Waals surface area contributed by atoms with Crippen molar-refractivity contribution >= 4 is 11.9 Å². The Balaban J connectivity index is 6.21. The lowest BCUT2D eigenvalue weighted by Crippen LogP contribution is -2.52. The third-order valence-electron chi connectivity index (χ3n) is 3.59. The zero-order valence-corrected chi connectivity index (χ0v) is 12.0. The van der Waals surface area contributed by atoms with Gasteiger partial charge in [-0.1, -0.05) is 19.1 Å². The fourth-order valence-electron chi connectivity index (χ4n) is 2.43. The summed E-state index contributed by atoms with van der Waals surface area (Å²) >= 11 is 0. The molecule has 0 bridgehead atoms. The van der Waals surface area contributed by atoms with Crippen LogP contribution in [0.25, 0.3) is 0 Å². The van der Waals surface area contributed by atoms with E-state index in [9.17, 15) is 20.0 Å². The van der Waals surface area contributed by atoms with Gasteiger partial charge in [0.15, 0.2) is 5.41 Å². The lowest BCUT2D eigenvalue weighted by Gasteiger charge is -2.40. The summed E-state index contributed by atoms with van der Waals surface area (Å²) in [5.74, 6) is -2.04. The van der Waals surface area contributed by atoms with Gasteiger partial charge in [-0.3, -0.25) is 9.59 Å². The Morgan fingerprint density at radius 2 is 1.85 bits per heavy atom. The van der Waals surface area contributed by atoms with Gasteiger partial charge >= 0.3 is 11.9 Å². The first kappa shape index (κ1) is 17.9. The van der Waals surface area contributed by atoms with Gasteiger partial charge in [0, 0.05) is 0 Å². The number of nitrogens with zero attached hydrogens (tertiary/aromatic N) is 1. The number of carboxylic acids is 1. The van der Waals surface area contributed by atoms with Crippen LogP contribution in [-0.4, -0.2) is 23.7 Å². The van der Waals surface area contributed by atoms with Gasteiger partial charge in [-0.2, -0.15) is 5.26 Å². The summed E-state index contributed by atoms with van der Waals surface area (Å²) < 4.78 is 4.95. The molecule has 0 saturated heterocycles. The quantitative estimate of drug-likeness (QED) is 0.518. The number of rotatable bonds is 9. The molecule has 0 heterocycles. The Morgan fingerprint density at radius 1 is 1.30 bits per heavy atom. The van der Waals surface area contributed by atoms with E-state index in [0.717, 1.165) is 0 Å². The van der Waals surface area contributed by atoms with Crippen LogP contribution in [0.3, 0.4) is 0 Å². The highest BCUT2D eigenvalue weighted by Gasteiger charge is 2.60. The first-order valence-electron chi connectivity index (χ1n) is 6.46. The summed E-state index contributed by atoms with van der Waals surface area (Å²) in [6.07, 6.45) is 2.80. The summed E-state index contributed by atoms with van der Waals surface area (Å²) in [5, 5.41) is 19.2. The maximum Gasteiger partial charge on any atom is 0.328 e. The van der Waals surface area contributed by atoms with E-state index in [1.54, 1.807) is 13.8 Å². The molecule has 0 fully saturated rings. The molecule has 20 heavy (non-hydrogen) atoms. The van der Waals surface area contributed by atoms with Crippen LogP contribution in [-0.2, 0) is 14.3 Å². The molecule has 0 aromatic carbocycles. The number of carbonyl (C=O) groups excluding carboxylic acids is 1. The van der Waals surface area contributed by atoms with Crippen LogP contribution in [0, 0.1) is 22.2 Å². The molecule has 0 spiro atoms. The van der Waals surface area contributed by atoms with E-state index in [0.29, 0.717) is 0 Å². The number of carbonyl (C=O) groups is 2. The van der Waals surface area contributed by atoms with E-state index in [1.165, 1.54) is 12.2 Å². The van der Waals surface area contributed by atoms with Crippen LogP contribution in [0.15, 0.2) is 25.3 Å². The van der Waals surface area contributed by atoms with E-state index in [-0.39, 0.29) is 25.9 Å². The fourth-order valence-corrected chi connectivity index (χ4v) is 2.43. The molecule has 0 radical (unpaired) electrons. The largest absolute Gasteiger partial charge is 0.481 e. The molecular formula is C15H21NO4. The number of nitriles is 1. The Bertz CT molecular complexity index is 438. The number of esters is 1. The highest BCUT2D eigenvalue weighted by Crippen LogP contribution is 2.49. The molecule has 2 atom stereocenters. The second-order valence-electron chi connectivity index (χ2n) is 4.46. The molecule has 5 heteroatoms. The average molecular weight is 279 g/mol. The Morgan fingerprint density at radius 3 is 2.15 bits per heavy atom. The van der Waals surface area contributed by atoms with Gasteiger partial charge in [-0.05, 0) is 26.2 Å². The van der Waals surface area contributed by atoms with Gasteiger partial charge in [0.1, 0.15) is 5.41 Å². The second kappa shape index (κ2) is 7.49. The molecule has 0 amide bonds. The van der Waals surface area contributed by atoms with E-state index in [2.05, 4.69) is 13.2 Å². The predicted octanol–water partition coefficient (Wildman–Crippen LogP) is 2.69. The normalized spacial score (nSPS) is 16.1. The lowest BCUT2D eigenvalue weighted by atomic mass is 9.59. The third kappa shape index (κ3) is 2.74. The number of allylic oxidation sites excluding steroid dienone is 2. The number of hydrogen-bond donors (Lipinski definition) is 1. The summed E-state index contributed by atoms with van der Waals surface area (Å²) in [6, 6.07) is 1.88. The van der Waals surface area contributed by atoms with Crippen molar-refractivity contribution in [3.63, 3.8) is 0 Å². The van der Waals surface area contributed by atoms with Crippen LogP contribution >= 0.6 is 0 Å². The number of aliphatic carboxylic acids is 1. The molecular weight excluding hydrogens is 258 g/mol. The Hall–Kier alpha value is -2.09. The first-order chi connectivity index (χ1) is 9.42. The van der Waals surface area contributed by atoms with Crippen LogP contribution < -0.4 is 0 Å². The molecule has 110 valence electrons. The molecule has 0 rings (SSSR count). The first-order valence-corrected chi connectivity index (χ1v) is 6.46. The van der Waals surface area contributed by atoms with Crippen LogP contribution in [0.1, 0.15) is 33.1 Å². The Labute approximate surface area is 119 Å². The average Bonchev–Trinajstić information content (AvgIpc) is 2.42. The van der Waals surface area contributed by atoms with Crippen molar-refractivity contribution in [3.05, 3.63) is 25.3 Å². The minimum Gasteiger partial charge on any atom is -0.481 e. The molecule has 2 unspecified atom stereocenters. The van der Waals surface area contributed by atoms with Gasteiger partial charge in [0.2, 0.25) is 0 Å². The predicted molar refractivity (Wildman–Crippen MR) is 74.7 cm³/mol. The highest BCUT2D eigenvalue weighted by atomic mass is 16.5. The summed E-state index contributed by atoms with van der Waals surface area (Å²) in [7, 11) is 0. The zero-order chi connectivity index (χ0) is 15.8. The van der Waals surface area contributed by atoms with Crippen molar-refractivity contribution in [3.8, 4) is 6.07 Å². The van der Waals surface area contributed by atoms with Gasteiger partial charge in [-0.25, -0.2) is 0 Å². The highest BCUT2D eigenvalue weighted by molar-refractivity contribution is 5.90. The second-order valence-corrected chi connectivity index (χ2v) is 4.46. The molecule has 0 aliphatic rings. The fraction of sp³-hybridized carbons (Fsp3) is 0.533. The summed E-state index contributed by atoms with van der Waals surface area (Å²) in [5.41, 5.74) is -3.39. The van der Waals surface area contributed by atoms with Gasteiger partial charge in [0.05, 0.1) is 12.7 Å². The third-order valence-corrected chi connectivity index (χ3v) is 3.59. The van der Waals surface area contributed by atoms with Gasteiger partial charge < -0.3 is 9.84 Å². The molecule has 0 aliphatic heterocycles. The van der Waals surface area contributed by atoms with E-state index in [4.69, 9.17) is 4.74 Å². The zero-order valence-electron chi connectivity index (χ0n) is 12.0. The summed E-state index contributed by atoms with van der Waals surface area (Å²) in [4.78, 5) is 24.1. The molecule has 0 aromatic heterocycles. The molecule has 0 saturated carbocycles. The molecule has 0 aromatic rings. The van der Waals surface area contributed by atoms with E-state index < -0.39 is 22.8 Å². The lowest BCUT2D eigenvalue weighted by molar-refractivity contribution is -0.172. The van der Waals surface area contributed by atoms with Crippen LogP contribution in [0.4, 0.5) is 0 Å². The van der Waals surface area contributed by atoms with Crippen LogP contribution in [0.5, 0.6) is 0 Å². The van der Waals surface area contributed by atoms with Crippen molar-refractivity contribution in [1.29, 1.82) is 5.26 Å². The molecule has 1 N–H and O–H groups in total. The number of ether oxygens (including phenoxy) is 1. The maximum absolute atomic E-state index is 12.3. The van der Waals surface area contributed by atoms with Crippen LogP contribution in [0.2, 0.25) is 0 Å². The van der Waals surface area contributed by atoms with Crippen molar-refractivity contribution in [2.45, 2.75) is 33.1 Å². The topological polar surface area (TPSA) is 87.4 Å². The SMILES string of the molecule is C=CCC(C#N)(C(=O)OCC)C(CC)(CC=C)C(=O)O. The number of carboxylic acid groups (broad SMARTS) is 1. The number of hydrogen-bond acceptors (Lipinski definition) is 4. The van der Waals surface area contributed by atoms with Gasteiger partial charge in [-0.15, -0.1) is 13.2 Å². The van der Waals surface area contributed by atoms with E-state index >= 15 is 0 Å². The molecule has 5 nitrogen and oxygen atoms in total. The van der Waals surface area contributed by atoms with Crippen molar-refractivity contribution in [1.82, 2.24) is 0 Å². The monoisotopic (exact) mass is 279 g/mol. The Kier molecular flexibility index (Phi) is 6.70. The standard InChI is InChI=1S/C15H21NO4/c1-5-9-14(7-3,12(17)18)15(11-16,10-6-2)13(19)20-8-4/h5-6H,1-2,7-10H2,3-4H3,(H,17,18). The van der Waals surface area contributed by atoms with Crippen molar-refractivity contribution in [2.75, 3.05) is 6.61 Å². The summed E-state index contributed by atoms with van der Waals surface area (Å²) in [6.45, 7) is 10.4. The van der Waals surface area contributed by atoms with Gasteiger partial charge in [0.25, 0.3) is 0 Å². The van der Waals surface area contributed by atoms with Crippen molar-refractivity contribution < 1.29 is 19.4 Å².